The second-order valence-corrected chi connectivity index (χ2v) is 6.04. The molecule has 1 aliphatic rings. The number of rotatable bonds is 6. The van der Waals surface area contributed by atoms with Crippen LogP contribution >= 0.6 is 0 Å². The van der Waals surface area contributed by atoms with Crippen LogP contribution in [-0.2, 0) is 0 Å². The Balaban J connectivity index is 1.98. The molecular weight excluding hydrogens is 238 g/mol. The van der Waals surface area contributed by atoms with E-state index in [2.05, 4.69) is 26.1 Å². The van der Waals surface area contributed by atoms with Crippen LogP contribution in [0.1, 0.15) is 45.2 Å². The third-order valence-corrected chi connectivity index (χ3v) is 4.58. The van der Waals surface area contributed by atoms with Crippen molar-refractivity contribution in [2.75, 3.05) is 13.7 Å². The highest BCUT2D eigenvalue weighted by Gasteiger charge is 2.44. The number of hydrogen-bond donors (Lipinski definition) is 2. The monoisotopic (exact) mass is 263 g/mol. The lowest BCUT2D eigenvalue weighted by molar-refractivity contribution is 0.322. The molecule has 0 aromatic heterocycles. The number of phenols is 1. The first-order valence-electron chi connectivity index (χ1n) is 7.09. The summed E-state index contributed by atoms with van der Waals surface area (Å²) in [4.78, 5) is 0. The molecule has 0 aliphatic heterocycles. The van der Waals surface area contributed by atoms with Gasteiger partial charge in [0.2, 0.25) is 0 Å². The van der Waals surface area contributed by atoms with Crippen LogP contribution in [0.15, 0.2) is 18.2 Å². The van der Waals surface area contributed by atoms with E-state index >= 15 is 0 Å². The molecule has 3 heteroatoms. The fourth-order valence-electron chi connectivity index (χ4n) is 2.60. The SMILES string of the molecule is COc1ccc(C(C)NCC2(C(C)C)CC2)c(O)c1. The summed E-state index contributed by atoms with van der Waals surface area (Å²) in [5.74, 6) is 1.71. The summed E-state index contributed by atoms with van der Waals surface area (Å²) in [5.41, 5.74) is 1.41. The van der Waals surface area contributed by atoms with Gasteiger partial charge in [-0.2, -0.15) is 0 Å². The first-order valence-corrected chi connectivity index (χ1v) is 7.09. The number of phenolic OH excluding ortho intramolecular Hbond substituents is 1. The molecule has 19 heavy (non-hydrogen) atoms. The van der Waals surface area contributed by atoms with Crippen LogP contribution < -0.4 is 10.1 Å². The molecule has 1 aromatic carbocycles. The maximum absolute atomic E-state index is 10.0. The Morgan fingerprint density at radius 2 is 2.00 bits per heavy atom. The molecule has 1 aliphatic carbocycles. The summed E-state index contributed by atoms with van der Waals surface area (Å²) in [5, 5.41) is 13.6. The molecule has 1 fully saturated rings. The molecule has 0 radical (unpaired) electrons. The predicted molar refractivity (Wildman–Crippen MR) is 77.6 cm³/mol. The number of methoxy groups -OCH3 is 1. The summed E-state index contributed by atoms with van der Waals surface area (Å²) in [6.07, 6.45) is 2.64. The van der Waals surface area contributed by atoms with Crippen LogP contribution in [0.2, 0.25) is 0 Å². The fraction of sp³-hybridized carbons (Fsp3) is 0.625. The van der Waals surface area contributed by atoms with Gasteiger partial charge in [0.05, 0.1) is 7.11 Å². The zero-order chi connectivity index (χ0) is 14.0. The Morgan fingerprint density at radius 3 is 2.47 bits per heavy atom. The second kappa shape index (κ2) is 5.41. The van der Waals surface area contributed by atoms with Crippen molar-refractivity contribution in [3.8, 4) is 11.5 Å². The summed E-state index contributed by atoms with van der Waals surface area (Å²) in [7, 11) is 1.61. The van der Waals surface area contributed by atoms with E-state index in [1.54, 1.807) is 13.2 Å². The Hall–Kier alpha value is -1.22. The van der Waals surface area contributed by atoms with Crippen molar-refractivity contribution < 1.29 is 9.84 Å². The number of nitrogens with one attached hydrogen (secondary N) is 1. The van der Waals surface area contributed by atoms with Crippen molar-refractivity contribution >= 4 is 0 Å². The standard InChI is InChI=1S/C16H25NO2/c1-11(2)16(7-8-16)10-17-12(3)14-6-5-13(19-4)9-15(14)18/h5-6,9,11-12,17-18H,7-8,10H2,1-4H3. The quantitative estimate of drug-likeness (QED) is 0.825. The van der Waals surface area contributed by atoms with Crippen LogP contribution in [-0.4, -0.2) is 18.8 Å². The lowest BCUT2D eigenvalue weighted by Crippen LogP contribution is -2.29. The minimum atomic E-state index is 0.155. The molecular formula is C16H25NO2. The number of aromatic hydroxyl groups is 1. The summed E-state index contributed by atoms with van der Waals surface area (Å²) < 4.78 is 5.11. The van der Waals surface area contributed by atoms with Gasteiger partial charge >= 0.3 is 0 Å². The zero-order valence-electron chi connectivity index (χ0n) is 12.4. The van der Waals surface area contributed by atoms with Crippen molar-refractivity contribution in [3.63, 3.8) is 0 Å². The van der Waals surface area contributed by atoms with Crippen LogP contribution in [0.25, 0.3) is 0 Å². The molecule has 0 heterocycles. The second-order valence-electron chi connectivity index (χ2n) is 6.04. The van der Waals surface area contributed by atoms with E-state index in [1.165, 1.54) is 12.8 Å². The summed E-state index contributed by atoms with van der Waals surface area (Å²) >= 11 is 0. The van der Waals surface area contributed by atoms with E-state index < -0.39 is 0 Å². The molecule has 1 saturated carbocycles. The maximum atomic E-state index is 10.0. The highest BCUT2D eigenvalue weighted by Crippen LogP contribution is 2.51. The van der Waals surface area contributed by atoms with Gasteiger partial charge in [-0.3, -0.25) is 0 Å². The molecule has 2 rings (SSSR count). The summed E-state index contributed by atoms with van der Waals surface area (Å²) in [6, 6.07) is 5.65. The van der Waals surface area contributed by atoms with Crippen molar-refractivity contribution in [2.24, 2.45) is 11.3 Å². The van der Waals surface area contributed by atoms with Gasteiger partial charge in [0, 0.05) is 24.2 Å². The average molecular weight is 263 g/mol. The molecule has 0 saturated heterocycles. The minimum Gasteiger partial charge on any atom is -0.507 e. The topological polar surface area (TPSA) is 41.5 Å². The first kappa shape index (κ1) is 14.2. The van der Waals surface area contributed by atoms with Gasteiger partial charge in [-0.1, -0.05) is 19.9 Å². The number of hydrogen-bond acceptors (Lipinski definition) is 3. The molecule has 0 spiro atoms. The van der Waals surface area contributed by atoms with Gasteiger partial charge < -0.3 is 15.2 Å². The molecule has 0 bridgehead atoms. The highest BCUT2D eigenvalue weighted by atomic mass is 16.5. The molecule has 1 unspecified atom stereocenters. The molecule has 3 nitrogen and oxygen atoms in total. The lowest BCUT2D eigenvalue weighted by atomic mass is 9.92. The minimum absolute atomic E-state index is 0.155. The first-order chi connectivity index (χ1) is 8.98. The normalized spacial score (nSPS) is 18.4. The Bertz CT molecular complexity index is 438. The van der Waals surface area contributed by atoms with Crippen molar-refractivity contribution in [2.45, 2.75) is 39.7 Å². The van der Waals surface area contributed by atoms with E-state index in [4.69, 9.17) is 4.74 Å². The largest absolute Gasteiger partial charge is 0.507 e. The molecule has 0 amide bonds. The number of ether oxygens (including phenoxy) is 1. The van der Waals surface area contributed by atoms with Crippen LogP contribution in [0.5, 0.6) is 11.5 Å². The van der Waals surface area contributed by atoms with Gasteiger partial charge in [-0.25, -0.2) is 0 Å². The average Bonchev–Trinajstić information content (AvgIpc) is 3.17. The zero-order valence-corrected chi connectivity index (χ0v) is 12.4. The van der Waals surface area contributed by atoms with Gasteiger partial charge in [-0.05, 0) is 37.2 Å². The number of benzene rings is 1. The van der Waals surface area contributed by atoms with Crippen LogP contribution in [0.4, 0.5) is 0 Å². The van der Waals surface area contributed by atoms with E-state index in [0.717, 1.165) is 18.0 Å². The Kier molecular flexibility index (Phi) is 4.04. The summed E-state index contributed by atoms with van der Waals surface area (Å²) in [6.45, 7) is 7.71. The van der Waals surface area contributed by atoms with Gasteiger partial charge in [0.25, 0.3) is 0 Å². The van der Waals surface area contributed by atoms with Gasteiger partial charge in [0.15, 0.2) is 0 Å². The van der Waals surface area contributed by atoms with E-state index in [0.29, 0.717) is 16.9 Å². The van der Waals surface area contributed by atoms with E-state index in [-0.39, 0.29) is 6.04 Å². The Morgan fingerprint density at radius 1 is 1.32 bits per heavy atom. The molecule has 2 N–H and O–H groups in total. The smallest absolute Gasteiger partial charge is 0.124 e. The fourth-order valence-corrected chi connectivity index (χ4v) is 2.60. The highest BCUT2D eigenvalue weighted by molar-refractivity contribution is 5.41. The van der Waals surface area contributed by atoms with Crippen molar-refractivity contribution in [3.05, 3.63) is 23.8 Å². The van der Waals surface area contributed by atoms with Crippen LogP contribution in [0, 0.1) is 11.3 Å². The third-order valence-electron chi connectivity index (χ3n) is 4.58. The maximum Gasteiger partial charge on any atom is 0.124 e. The molecule has 1 aromatic rings. The molecule has 106 valence electrons. The lowest BCUT2D eigenvalue weighted by Gasteiger charge is -2.24. The van der Waals surface area contributed by atoms with Gasteiger partial charge in [-0.15, -0.1) is 0 Å². The van der Waals surface area contributed by atoms with E-state index in [9.17, 15) is 5.11 Å². The third kappa shape index (κ3) is 3.03. The van der Waals surface area contributed by atoms with Gasteiger partial charge in [0.1, 0.15) is 11.5 Å². The van der Waals surface area contributed by atoms with Crippen molar-refractivity contribution in [1.82, 2.24) is 5.32 Å². The molecule has 1 atom stereocenters. The predicted octanol–water partition coefficient (Wildman–Crippen LogP) is 3.49. The van der Waals surface area contributed by atoms with Crippen LogP contribution in [0.3, 0.4) is 0 Å². The van der Waals surface area contributed by atoms with E-state index in [1.807, 2.05) is 12.1 Å². The Labute approximate surface area is 116 Å². The van der Waals surface area contributed by atoms with Crippen molar-refractivity contribution in [1.29, 1.82) is 0 Å².